The van der Waals surface area contributed by atoms with E-state index in [-0.39, 0.29) is 6.04 Å². The Morgan fingerprint density at radius 1 is 1.11 bits per heavy atom. The summed E-state index contributed by atoms with van der Waals surface area (Å²) in [5, 5.41) is 0. The minimum atomic E-state index is 0.122. The van der Waals surface area contributed by atoms with E-state index < -0.39 is 0 Å². The fraction of sp³-hybridized carbons (Fsp3) is 0.250. The summed E-state index contributed by atoms with van der Waals surface area (Å²) >= 11 is 3.59. The number of aryl methyl sites for hydroxylation is 2. The fourth-order valence-corrected chi connectivity index (χ4v) is 2.81. The lowest BCUT2D eigenvalue weighted by atomic mass is 9.96. The average molecular weight is 319 g/mol. The molecule has 0 aromatic heterocycles. The van der Waals surface area contributed by atoms with Crippen LogP contribution in [0.3, 0.4) is 0 Å². The van der Waals surface area contributed by atoms with Crippen molar-refractivity contribution in [3.8, 4) is 0 Å². The highest BCUT2D eigenvalue weighted by molar-refractivity contribution is 9.10. The number of nitrogens with two attached hydrogens (primary N) is 1. The van der Waals surface area contributed by atoms with Gasteiger partial charge in [-0.1, -0.05) is 63.5 Å². The summed E-state index contributed by atoms with van der Waals surface area (Å²) in [6, 6.07) is 14.9. The summed E-state index contributed by atoms with van der Waals surface area (Å²) in [6.07, 6.45) is 0.862. The molecule has 0 spiro atoms. The van der Waals surface area contributed by atoms with Crippen molar-refractivity contribution >= 4 is 15.9 Å². The molecular weight excluding hydrogens is 300 g/mol. The first-order valence-electron chi connectivity index (χ1n) is 6.38. The fourth-order valence-electron chi connectivity index (χ4n) is 2.37. The first-order chi connectivity index (χ1) is 9.10. The lowest BCUT2D eigenvalue weighted by Gasteiger charge is -2.18. The lowest BCUT2D eigenvalue weighted by Crippen LogP contribution is -2.29. The number of rotatable bonds is 4. The van der Waals surface area contributed by atoms with E-state index in [1.165, 1.54) is 22.3 Å². The number of hydrogen-bond donors (Lipinski definition) is 2. The van der Waals surface area contributed by atoms with Gasteiger partial charge < -0.3 is 0 Å². The number of hydrogen-bond acceptors (Lipinski definition) is 2. The third kappa shape index (κ3) is 3.66. The molecule has 0 amide bonds. The van der Waals surface area contributed by atoms with Gasteiger partial charge in [0, 0.05) is 4.47 Å². The number of halogens is 1. The molecule has 2 rings (SSSR count). The second-order valence-corrected chi connectivity index (χ2v) is 5.79. The van der Waals surface area contributed by atoms with Crippen LogP contribution in [0, 0.1) is 13.8 Å². The number of nitrogens with one attached hydrogen (secondary N) is 1. The van der Waals surface area contributed by atoms with E-state index in [1.54, 1.807) is 0 Å². The minimum absolute atomic E-state index is 0.122. The van der Waals surface area contributed by atoms with Crippen molar-refractivity contribution in [2.24, 2.45) is 5.84 Å². The van der Waals surface area contributed by atoms with Gasteiger partial charge in [0.05, 0.1) is 6.04 Å². The molecule has 3 heteroatoms. The predicted molar refractivity (Wildman–Crippen MR) is 83.8 cm³/mol. The molecule has 2 aromatic rings. The van der Waals surface area contributed by atoms with Gasteiger partial charge >= 0.3 is 0 Å². The Balaban J connectivity index is 2.28. The Bertz CT molecular complexity index is 546. The Labute approximate surface area is 123 Å². The van der Waals surface area contributed by atoms with Gasteiger partial charge in [0.25, 0.3) is 0 Å². The summed E-state index contributed by atoms with van der Waals surface area (Å²) < 4.78 is 1.12. The van der Waals surface area contributed by atoms with Gasteiger partial charge in [-0.25, -0.2) is 0 Å². The van der Waals surface area contributed by atoms with Crippen LogP contribution < -0.4 is 11.3 Å². The molecule has 0 aliphatic heterocycles. The van der Waals surface area contributed by atoms with E-state index in [9.17, 15) is 0 Å². The van der Waals surface area contributed by atoms with E-state index in [2.05, 4.69) is 71.6 Å². The van der Waals surface area contributed by atoms with E-state index >= 15 is 0 Å². The Morgan fingerprint density at radius 3 is 2.32 bits per heavy atom. The Kier molecular flexibility index (Phi) is 4.75. The van der Waals surface area contributed by atoms with Crippen molar-refractivity contribution in [1.29, 1.82) is 0 Å². The molecule has 1 atom stereocenters. The summed E-state index contributed by atoms with van der Waals surface area (Å²) in [4.78, 5) is 0. The van der Waals surface area contributed by atoms with Crippen molar-refractivity contribution in [3.63, 3.8) is 0 Å². The van der Waals surface area contributed by atoms with Gasteiger partial charge in [-0.05, 0) is 37.5 Å². The normalized spacial score (nSPS) is 12.4. The molecule has 2 nitrogen and oxygen atoms in total. The maximum atomic E-state index is 5.74. The maximum absolute atomic E-state index is 5.74. The highest BCUT2D eigenvalue weighted by atomic mass is 79.9. The summed E-state index contributed by atoms with van der Waals surface area (Å²) in [5.74, 6) is 5.74. The molecule has 0 saturated heterocycles. The second kappa shape index (κ2) is 6.33. The zero-order valence-electron chi connectivity index (χ0n) is 11.3. The van der Waals surface area contributed by atoms with Crippen LogP contribution in [0.15, 0.2) is 46.9 Å². The molecule has 1 unspecified atom stereocenters. The van der Waals surface area contributed by atoms with E-state index in [0.29, 0.717) is 0 Å². The molecule has 0 fully saturated rings. The van der Waals surface area contributed by atoms with Crippen LogP contribution in [0.1, 0.15) is 28.3 Å². The third-order valence-electron chi connectivity index (χ3n) is 3.23. The standard InChI is InChI=1S/C16H19BrN2/c1-11-7-12(2)9-14(8-11)16(19-18)10-13-5-3-4-6-15(13)17/h3-9,16,19H,10,18H2,1-2H3. The molecule has 0 saturated carbocycles. The first-order valence-corrected chi connectivity index (χ1v) is 7.17. The van der Waals surface area contributed by atoms with Gasteiger partial charge in [-0.3, -0.25) is 11.3 Å². The van der Waals surface area contributed by atoms with Crippen molar-refractivity contribution in [3.05, 3.63) is 69.2 Å². The topological polar surface area (TPSA) is 38.0 Å². The number of benzene rings is 2. The monoisotopic (exact) mass is 318 g/mol. The van der Waals surface area contributed by atoms with E-state index in [1.807, 2.05) is 6.07 Å². The van der Waals surface area contributed by atoms with Crippen LogP contribution in [0.5, 0.6) is 0 Å². The van der Waals surface area contributed by atoms with Crippen molar-refractivity contribution < 1.29 is 0 Å². The zero-order chi connectivity index (χ0) is 13.8. The summed E-state index contributed by atoms with van der Waals surface area (Å²) in [5.41, 5.74) is 7.95. The Morgan fingerprint density at radius 2 is 1.74 bits per heavy atom. The largest absolute Gasteiger partial charge is 0.271 e. The van der Waals surface area contributed by atoms with Gasteiger partial charge in [0.2, 0.25) is 0 Å². The van der Waals surface area contributed by atoms with Crippen molar-refractivity contribution in [2.45, 2.75) is 26.3 Å². The predicted octanol–water partition coefficient (Wildman–Crippen LogP) is 3.81. The zero-order valence-corrected chi connectivity index (χ0v) is 12.9. The van der Waals surface area contributed by atoms with Crippen LogP contribution >= 0.6 is 15.9 Å². The third-order valence-corrected chi connectivity index (χ3v) is 4.00. The smallest absolute Gasteiger partial charge is 0.0500 e. The second-order valence-electron chi connectivity index (χ2n) is 4.94. The molecule has 0 aliphatic rings. The minimum Gasteiger partial charge on any atom is -0.271 e. The Hall–Kier alpha value is -1.16. The summed E-state index contributed by atoms with van der Waals surface area (Å²) in [7, 11) is 0. The summed E-state index contributed by atoms with van der Waals surface area (Å²) in [6.45, 7) is 4.23. The van der Waals surface area contributed by atoms with E-state index in [4.69, 9.17) is 5.84 Å². The maximum Gasteiger partial charge on any atom is 0.0500 e. The van der Waals surface area contributed by atoms with Crippen LogP contribution in [0.25, 0.3) is 0 Å². The highest BCUT2D eigenvalue weighted by Gasteiger charge is 2.12. The van der Waals surface area contributed by atoms with Gasteiger partial charge in [0.15, 0.2) is 0 Å². The molecule has 0 heterocycles. The molecule has 2 aromatic carbocycles. The van der Waals surface area contributed by atoms with Crippen molar-refractivity contribution in [1.82, 2.24) is 5.43 Å². The molecule has 0 aliphatic carbocycles. The van der Waals surface area contributed by atoms with Crippen molar-refractivity contribution in [2.75, 3.05) is 0 Å². The van der Waals surface area contributed by atoms with Crippen LogP contribution in [0.2, 0.25) is 0 Å². The van der Waals surface area contributed by atoms with Crippen LogP contribution in [-0.4, -0.2) is 0 Å². The van der Waals surface area contributed by atoms with Gasteiger partial charge in [-0.2, -0.15) is 0 Å². The molecular formula is C16H19BrN2. The average Bonchev–Trinajstić information content (AvgIpc) is 2.36. The lowest BCUT2D eigenvalue weighted by molar-refractivity contribution is 0.550. The van der Waals surface area contributed by atoms with E-state index in [0.717, 1.165) is 10.9 Å². The molecule has 100 valence electrons. The van der Waals surface area contributed by atoms with Gasteiger partial charge in [0.1, 0.15) is 0 Å². The van der Waals surface area contributed by atoms with Gasteiger partial charge in [-0.15, -0.1) is 0 Å². The molecule has 0 bridgehead atoms. The quantitative estimate of drug-likeness (QED) is 0.664. The molecule has 3 N–H and O–H groups in total. The van der Waals surface area contributed by atoms with Crippen LogP contribution in [0.4, 0.5) is 0 Å². The van der Waals surface area contributed by atoms with Crippen LogP contribution in [-0.2, 0) is 6.42 Å². The molecule has 0 radical (unpaired) electrons. The first kappa shape index (κ1) is 14.3. The molecule has 19 heavy (non-hydrogen) atoms. The highest BCUT2D eigenvalue weighted by Crippen LogP contribution is 2.24. The number of hydrazine groups is 1. The SMILES string of the molecule is Cc1cc(C)cc(C(Cc2ccccc2Br)NN)c1.